The topological polar surface area (TPSA) is 48.0 Å². The van der Waals surface area contributed by atoms with Crippen LogP contribution in [0.1, 0.15) is 43.0 Å². The summed E-state index contributed by atoms with van der Waals surface area (Å²) >= 11 is 0. The Balaban J connectivity index is 1.76. The largest absolute Gasteiger partial charge is 0.444 e. The fourth-order valence-electron chi connectivity index (χ4n) is 4.23. The molecule has 164 valence electrons. The number of nitrogens with one attached hydrogen (secondary N) is 1. The van der Waals surface area contributed by atoms with Crippen LogP contribution < -0.4 is 10.2 Å². The van der Waals surface area contributed by atoms with Crippen molar-refractivity contribution in [2.45, 2.75) is 46.8 Å². The number of hydrogen-bond acceptors (Lipinski definition) is 5. The first-order chi connectivity index (χ1) is 14.2. The SMILES string of the molecule is C#Cc1c(C)c(CN2CCNCC2)cc(N2CCN(C(=O)OC(C)(C)C)CC2)c1C. The monoisotopic (exact) mass is 412 g/mol. The number of benzene rings is 1. The molecule has 0 spiro atoms. The number of rotatable bonds is 3. The van der Waals surface area contributed by atoms with Crippen LogP contribution >= 0.6 is 0 Å². The number of amides is 1. The van der Waals surface area contributed by atoms with Gasteiger partial charge in [0, 0.05) is 70.2 Å². The lowest BCUT2D eigenvalue weighted by atomic mass is 9.95. The molecule has 0 atom stereocenters. The van der Waals surface area contributed by atoms with Gasteiger partial charge in [-0.3, -0.25) is 4.90 Å². The predicted octanol–water partition coefficient (Wildman–Crippen LogP) is 2.75. The Bertz CT molecular complexity index is 808. The van der Waals surface area contributed by atoms with Crippen LogP contribution in [-0.2, 0) is 11.3 Å². The van der Waals surface area contributed by atoms with Crippen molar-refractivity contribution in [1.82, 2.24) is 15.1 Å². The van der Waals surface area contributed by atoms with Crippen molar-refractivity contribution < 1.29 is 9.53 Å². The van der Waals surface area contributed by atoms with Crippen molar-refractivity contribution in [3.05, 3.63) is 28.3 Å². The molecule has 0 bridgehead atoms. The van der Waals surface area contributed by atoms with Crippen LogP contribution in [0.4, 0.5) is 10.5 Å². The number of ether oxygens (including phenoxy) is 1. The minimum Gasteiger partial charge on any atom is -0.444 e. The van der Waals surface area contributed by atoms with E-state index in [2.05, 4.69) is 41.0 Å². The maximum absolute atomic E-state index is 12.4. The molecule has 0 unspecified atom stereocenters. The van der Waals surface area contributed by atoms with Crippen LogP contribution in [0.5, 0.6) is 0 Å². The molecule has 2 aliphatic heterocycles. The Hall–Kier alpha value is -2.23. The Morgan fingerprint density at radius 1 is 1.10 bits per heavy atom. The lowest BCUT2D eigenvalue weighted by molar-refractivity contribution is 0.0240. The third-order valence-corrected chi connectivity index (χ3v) is 5.95. The quantitative estimate of drug-likeness (QED) is 0.774. The Morgan fingerprint density at radius 2 is 1.73 bits per heavy atom. The summed E-state index contributed by atoms with van der Waals surface area (Å²) in [5.41, 5.74) is 5.41. The number of piperazine rings is 2. The van der Waals surface area contributed by atoms with Crippen molar-refractivity contribution in [2.24, 2.45) is 0 Å². The molecule has 0 aromatic heterocycles. The molecule has 30 heavy (non-hydrogen) atoms. The van der Waals surface area contributed by atoms with E-state index in [9.17, 15) is 4.79 Å². The zero-order chi connectivity index (χ0) is 21.9. The number of carbonyl (C=O) groups is 1. The lowest BCUT2D eigenvalue weighted by Gasteiger charge is -2.38. The van der Waals surface area contributed by atoms with Crippen LogP contribution in [0.15, 0.2) is 6.07 Å². The standard InChI is InChI=1S/C24H36N4O2/c1-7-21-18(2)20(17-26-10-8-25-9-11-26)16-22(19(21)3)27-12-14-28(15-13-27)23(29)30-24(4,5)6/h1,16,25H,8-15,17H2,2-6H3. The highest BCUT2D eigenvalue weighted by Gasteiger charge is 2.27. The van der Waals surface area contributed by atoms with Gasteiger partial charge in [-0.2, -0.15) is 0 Å². The molecule has 2 fully saturated rings. The first-order valence-corrected chi connectivity index (χ1v) is 10.9. The number of terminal acetylenes is 1. The van der Waals surface area contributed by atoms with E-state index in [1.807, 2.05) is 20.8 Å². The van der Waals surface area contributed by atoms with Gasteiger partial charge in [-0.05, 0) is 57.4 Å². The highest BCUT2D eigenvalue weighted by molar-refractivity contribution is 5.69. The molecule has 1 aromatic rings. The van der Waals surface area contributed by atoms with Gasteiger partial charge in [-0.1, -0.05) is 5.92 Å². The molecule has 1 N–H and O–H groups in total. The van der Waals surface area contributed by atoms with Crippen LogP contribution in [-0.4, -0.2) is 73.9 Å². The minimum absolute atomic E-state index is 0.230. The molecule has 1 amide bonds. The number of nitrogens with zero attached hydrogens (tertiary/aromatic N) is 3. The predicted molar refractivity (Wildman–Crippen MR) is 122 cm³/mol. The minimum atomic E-state index is -0.470. The van der Waals surface area contributed by atoms with E-state index in [1.54, 1.807) is 4.90 Å². The van der Waals surface area contributed by atoms with Gasteiger partial charge >= 0.3 is 6.09 Å². The highest BCUT2D eigenvalue weighted by Crippen LogP contribution is 2.30. The summed E-state index contributed by atoms with van der Waals surface area (Å²) in [6.07, 6.45) is 5.68. The van der Waals surface area contributed by atoms with E-state index in [4.69, 9.17) is 11.2 Å². The number of anilines is 1. The van der Waals surface area contributed by atoms with Crippen LogP contribution in [0, 0.1) is 26.2 Å². The first-order valence-electron chi connectivity index (χ1n) is 10.9. The molecule has 2 heterocycles. The summed E-state index contributed by atoms with van der Waals surface area (Å²) in [6, 6.07) is 2.32. The Morgan fingerprint density at radius 3 is 2.30 bits per heavy atom. The van der Waals surface area contributed by atoms with Crippen molar-refractivity contribution in [1.29, 1.82) is 0 Å². The normalized spacial score (nSPS) is 18.3. The van der Waals surface area contributed by atoms with Gasteiger partial charge < -0.3 is 19.9 Å². The maximum Gasteiger partial charge on any atom is 0.410 e. The molecule has 2 aliphatic rings. The molecule has 0 aliphatic carbocycles. The van der Waals surface area contributed by atoms with Crippen LogP contribution in [0.2, 0.25) is 0 Å². The van der Waals surface area contributed by atoms with Gasteiger partial charge in [0.25, 0.3) is 0 Å². The molecule has 6 nitrogen and oxygen atoms in total. The van der Waals surface area contributed by atoms with Crippen molar-refractivity contribution >= 4 is 11.8 Å². The summed E-state index contributed by atoms with van der Waals surface area (Å²) in [5.74, 6) is 2.93. The van der Waals surface area contributed by atoms with Crippen molar-refractivity contribution in [2.75, 3.05) is 57.3 Å². The summed E-state index contributed by atoms with van der Waals surface area (Å²) in [4.78, 5) is 19.0. The summed E-state index contributed by atoms with van der Waals surface area (Å²) in [7, 11) is 0. The van der Waals surface area contributed by atoms with E-state index in [1.165, 1.54) is 16.8 Å². The van der Waals surface area contributed by atoms with Gasteiger partial charge in [0.2, 0.25) is 0 Å². The second-order valence-corrected chi connectivity index (χ2v) is 9.30. The van der Waals surface area contributed by atoms with E-state index in [0.29, 0.717) is 13.1 Å². The lowest BCUT2D eigenvalue weighted by Crippen LogP contribution is -2.50. The average Bonchev–Trinajstić information content (AvgIpc) is 2.70. The Labute approximate surface area is 181 Å². The maximum atomic E-state index is 12.4. The van der Waals surface area contributed by atoms with Gasteiger partial charge in [0.05, 0.1) is 0 Å². The van der Waals surface area contributed by atoms with E-state index >= 15 is 0 Å². The van der Waals surface area contributed by atoms with E-state index in [-0.39, 0.29) is 6.09 Å². The van der Waals surface area contributed by atoms with Crippen LogP contribution in [0.25, 0.3) is 0 Å². The number of carbonyl (C=O) groups excluding carboxylic acids is 1. The number of hydrogen-bond donors (Lipinski definition) is 1. The zero-order valence-corrected chi connectivity index (χ0v) is 19.2. The molecular weight excluding hydrogens is 376 g/mol. The van der Waals surface area contributed by atoms with Gasteiger partial charge in [-0.25, -0.2) is 4.79 Å². The summed E-state index contributed by atoms with van der Waals surface area (Å²) in [5, 5.41) is 3.41. The average molecular weight is 413 g/mol. The van der Waals surface area contributed by atoms with E-state index < -0.39 is 5.60 Å². The van der Waals surface area contributed by atoms with Gasteiger partial charge in [0.1, 0.15) is 5.60 Å². The second kappa shape index (κ2) is 9.28. The molecular formula is C24H36N4O2. The van der Waals surface area contributed by atoms with Crippen LogP contribution in [0.3, 0.4) is 0 Å². The second-order valence-electron chi connectivity index (χ2n) is 9.30. The molecule has 2 saturated heterocycles. The fraction of sp³-hybridized carbons (Fsp3) is 0.625. The zero-order valence-electron chi connectivity index (χ0n) is 19.2. The molecule has 3 rings (SSSR count). The summed E-state index contributed by atoms with van der Waals surface area (Å²) < 4.78 is 5.53. The molecule has 0 radical (unpaired) electrons. The van der Waals surface area contributed by atoms with Gasteiger partial charge in [0.15, 0.2) is 0 Å². The Kier molecular flexibility index (Phi) is 6.95. The highest BCUT2D eigenvalue weighted by atomic mass is 16.6. The fourth-order valence-corrected chi connectivity index (χ4v) is 4.23. The first kappa shape index (κ1) is 22.5. The van der Waals surface area contributed by atoms with E-state index in [0.717, 1.165) is 56.9 Å². The smallest absolute Gasteiger partial charge is 0.410 e. The summed E-state index contributed by atoms with van der Waals surface area (Å²) in [6.45, 7) is 17.9. The molecule has 1 aromatic carbocycles. The molecule has 6 heteroatoms. The van der Waals surface area contributed by atoms with Gasteiger partial charge in [-0.15, -0.1) is 6.42 Å². The third kappa shape index (κ3) is 5.27. The van der Waals surface area contributed by atoms with Crippen molar-refractivity contribution in [3.8, 4) is 12.3 Å². The van der Waals surface area contributed by atoms with Crippen molar-refractivity contribution in [3.63, 3.8) is 0 Å². The third-order valence-electron chi connectivity index (χ3n) is 5.95. The molecule has 0 saturated carbocycles.